The van der Waals surface area contributed by atoms with Crippen LogP contribution in [-0.4, -0.2) is 20.4 Å². The highest BCUT2D eigenvalue weighted by Gasteiger charge is 2.27. The zero-order chi connectivity index (χ0) is 12.4. The summed E-state index contributed by atoms with van der Waals surface area (Å²) in [5.41, 5.74) is 7.29. The molecule has 0 heterocycles. The van der Waals surface area contributed by atoms with Crippen molar-refractivity contribution in [3.8, 4) is 0 Å². The fraction of sp³-hybridized carbons (Fsp3) is 0.500. The lowest BCUT2D eigenvalue weighted by Gasteiger charge is -2.26. The minimum absolute atomic E-state index is 0.136. The van der Waals surface area contributed by atoms with Gasteiger partial charge in [-0.2, -0.15) is 0 Å². The maximum absolute atomic E-state index is 11.4. The minimum atomic E-state index is -3.00. The Balaban J connectivity index is 3.16. The van der Waals surface area contributed by atoms with Crippen LogP contribution in [0.15, 0.2) is 24.3 Å². The van der Waals surface area contributed by atoms with Gasteiger partial charge in [0, 0.05) is 18.2 Å². The lowest BCUT2D eigenvalue weighted by atomic mass is 9.83. The van der Waals surface area contributed by atoms with Gasteiger partial charge in [0.05, 0.1) is 5.75 Å². The topological polar surface area (TPSA) is 60.2 Å². The largest absolute Gasteiger partial charge is 0.326 e. The Bertz CT molecular complexity index is 464. The van der Waals surface area contributed by atoms with E-state index in [2.05, 4.69) is 0 Å². The molecule has 0 unspecified atom stereocenters. The first-order valence-corrected chi connectivity index (χ1v) is 7.28. The molecule has 0 saturated carbocycles. The van der Waals surface area contributed by atoms with Crippen LogP contribution in [0.3, 0.4) is 0 Å². The Labute approximate surface area is 97.6 Å². The van der Waals surface area contributed by atoms with Crippen molar-refractivity contribution in [3.63, 3.8) is 0 Å². The molecule has 0 atom stereocenters. The maximum Gasteiger partial charge on any atom is 0.148 e. The van der Waals surface area contributed by atoms with Crippen LogP contribution in [-0.2, 0) is 21.8 Å². The highest BCUT2D eigenvalue weighted by molar-refractivity contribution is 7.90. The van der Waals surface area contributed by atoms with E-state index in [9.17, 15) is 8.42 Å². The average molecular weight is 241 g/mol. The average Bonchev–Trinajstić information content (AvgIpc) is 2.14. The Morgan fingerprint density at radius 2 is 1.81 bits per heavy atom. The van der Waals surface area contributed by atoms with Gasteiger partial charge in [0.1, 0.15) is 9.84 Å². The van der Waals surface area contributed by atoms with Gasteiger partial charge in [-0.15, -0.1) is 0 Å². The van der Waals surface area contributed by atoms with Gasteiger partial charge in [-0.25, -0.2) is 8.42 Å². The SMILES string of the molecule is CC(C)(CS(C)(=O)=O)c1ccccc1CN. The highest BCUT2D eigenvalue weighted by atomic mass is 32.2. The molecule has 0 aliphatic heterocycles. The Morgan fingerprint density at radius 1 is 1.25 bits per heavy atom. The fourth-order valence-electron chi connectivity index (χ4n) is 2.09. The van der Waals surface area contributed by atoms with Crippen LogP contribution < -0.4 is 5.73 Å². The first kappa shape index (κ1) is 13.2. The maximum atomic E-state index is 11.4. The van der Waals surface area contributed by atoms with E-state index >= 15 is 0 Å². The monoisotopic (exact) mass is 241 g/mol. The summed E-state index contributed by atoms with van der Waals surface area (Å²) in [5, 5.41) is 0. The van der Waals surface area contributed by atoms with Crippen LogP contribution in [0.1, 0.15) is 25.0 Å². The molecule has 0 aliphatic carbocycles. The first-order chi connectivity index (χ1) is 7.26. The smallest absolute Gasteiger partial charge is 0.148 e. The molecule has 0 fully saturated rings. The van der Waals surface area contributed by atoms with E-state index in [0.29, 0.717) is 6.54 Å². The van der Waals surface area contributed by atoms with Gasteiger partial charge in [-0.1, -0.05) is 38.1 Å². The number of hydrogen-bond acceptors (Lipinski definition) is 3. The van der Waals surface area contributed by atoms with Gasteiger partial charge in [0.25, 0.3) is 0 Å². The lowest BCUT2D eigenvalue weighted by Crippen LogP contribution is -2.29. The summed E-state index contributed by atoms with van der Waals surface area (Å²) in [7, 11) is -3.00. The van der Waals surface area contributed by atoms with E-state index in [0.717, 1.165) is 11.1 Å². The highest BCUT2D eigenvalue weighted by Crippen LogP contribution is 2.27. The molecule has 0 radical (unpaired) electrons. The molecular weight excluding hydrogens is 222 g/mol. The van der Waals surface area contributed by atoms with Gasteiger partial charge in [0.2, 0.25) is 0 Å². The van der Waals surface area contributed by atoms with Gasteiger partial charge in [0.15, 0.2) is 0 Å². The predicted molar refractivity (Wildman–Crippen MR) is 67.1 cm³/mol. The molecule has 0 amide bonds. The van der Waals surface area contributed by atoms with Crippen molar-refractivity contribution in [2.75, 3.05) is 12.0 Å². The molecular formula is C12H19NO2S. The number of hydrogen-bond donors (Lipinski definition) is 1. The predicted octanol–water partition coefficient (Wildman–Crippen LogP) is 1.47. The third-order valence-electron chi connectivity index (χ3n) is 2.59. The Morgan fingerprint density at radius 3 is 2.31 bits per heavy atom. The summed E-state index contributed by atoms with van der Waals surface area (Å²) in [6.07, 6.45) is 1.26. The van der Waals surface area contributed by atoms with Crippen molar-refractivity contribution in [1.29, 1.82) is 0 Å². The molecule has 4 heteroatoms. The molecule has 1 aromatic rings. The standard InChI is InChI=1S/C12H19NO2S/c1-12(2,9-16(3,14)15)11-7-5-4-6-10(11)8-13/h4-7H,8-9,13H2,1-3H3. The van der Waals surface area contributed by atoms with Crippen LogP contribution in [0.4, 0.5) is 0 Å². The summed E-state index contributed by atoms with van der Waals surface area (Å²) in [6.45, 7) is 4.30. The van der Waals surface area contributed by atoms with Crippen molar-refractivity contribution < 1.29 is 8.42 Å². The number of nitrogens with two attached hydrogens (primary N) is 1. The molecule has 90 valence electrons. The number of benzene rings is 1. The summed E-state index contributed by atoms with van der Waals surface area (Å²) in [6, 6.07) is 7.73. The zero-order valence-electron chi connectivity index (χ0n) is 10.0. The van der Waals surface area contributed by atoms with Gasteiger partial charge in [-0.3, -0.25) is 0 Å². The van der Waals surface area contributed by atoms with Gasteiger partial charge in [-0.05, 0) is 11.1 Å². The molecule has 2 N–H and O–H groups in total. The molecule has 3 nitrogen and oxygen atoms in total. The molecule has 0 aliphatic rings. The van der Waals surface area contributed by atoms with Crippen LogP contribution in [0.5, 0.6) is 0 Å². The second-order valence-electron chi connectivity index (χ2n) is 4.82. The first-order valence-electron chi connectivity index (χ1n) is 5.22. The van der Waals surface area contributed by atoms with E-state index in [1.54, 1.807) is 0 Å². The summed E-state index contributed by atoms with van der Waals surface area (Å²) in [5.74, 6) is 0.136. The molecule has 1 rings (SSSR count). The van der Waals surface area contributed by atoms with Crippen molar-refractivity contribution in [2.24, 2.45) is 5.73 Å². The van der Waals surface area contributed by atoms with Crippen molar-refractivity contribution in [3.05, 3.63) is 35.4 Å². The second-order valence-corrected chi connectivity index (χ2v) is 6.96. The van der Waals surface area contributed by atoms with E-state index in [1.807, 2.05) is 38.1 Å². The molecule has 0 saturated heterocycles. The molecule has 0 spiro atoms. The molecule has 1 aromatic carbocycles. The van der Waals surface area contributed by atoms with Crippen molar-refractivity contribution in [2.45, 2.75) is 25.8 Å². The number of sulfone groups is 1. The summed E-state index contributed by atoms with van der Waals surface area (Å²) < 4.78 is 22.8. The van der Waals surface area contributed by atoms with Crippen LogP contribution >= 0.6 is 0 Å². The minimum Gasteiger partial charge on any atom is -0.326 e. The van der Waals surface area contributed by atoms with Crippen LogP contribution in [0.25, 0.3) is 0 Å². The van der Waals surface area contributed by atoms with Crippen LogP contribution in [0, 0.1) is 0 Å². The van der Waals surface area contributed by atoms with E-state index in [1.165, 1.54) is 6.26 Å². The molecule has 16 heavy (non-hydrogen) atoms. The van der Waals surface area contributed by atoms with Gasteiger partial charge >= 0.3 is 0 Å². The van der Waals surface area contributed by atoms with Crippen LogP contribution in [0.2, 0.25) is 0 Å². The third-order valence-corrected chi connectivity index (χ3v) is 3.84. The molecule has 0 aromatic heterocycles. The van der Waals surface area contributed by atoms with E-state index in [4.69, 9.17) is 5.73 Å². The number of rotatable bonds is 4. The summed E-state index contributed by atoms with van der Waals surface area (Å²) >= 11 is 0. The second kappa shape index (κ2) is 4.55. The Kier molecular flexibility index (Phi) is 3.76. The third kappa shape index (κ3) is 3.32. The van der Waals surface area contributed by atoms with Crippen molar-refractivity contribution >= 4 is 9.84 Å². The normalized spacial score (nSPS) is 12.8. The fourth-order valence-corrected chi connectivity index (χ4v) is 3.56. The van der Waals surface area contributed by atoms with Gasteiger partial charge < -0.3 is 5.73 Å². The quantitative estimate of drug-likeness (QED) is 0.868. The lowest BCUT2D eigenvalue weighted by molar-refractivity contribution is 0.548. The zero-order valence-corrected chi connectivity index (χ0v) is 10.8. The Hall–Kier alpha value is -0.870. The van der Waals surface area contributed by atoms with E-state index < -0.39 is 15.3 Å². The van der Waals surface area contributed by atoms with Crippen molar-refractivity contribution in [1.82, 2.24) is 0 Å². The van der Waals surface area contributed by atoms with E-state index in [-0.39, 0.29) is 5.75 Å². The summed E-state index contributed by atoms with van der Waals surface area (Å²) in [4.78, 5) is 0. The molecule has 0 bridgehead atoms.